The highest BCUT2D eigenvalue weighted by molar-refractivity contribution is 5.73. The van der Waals surface area contributed by atoms with Crippen molar-refractivity contribution in [2.24, 2.45) is 5.73 Å². The molecule has 0 unspecified atom stereocenters. The van der Waals surface area contributed by atoms with Crippen molar-refractivity contribution >= 4 is 5.97 Å². The van der Waals surface area contributed by atoms with E-state index < -0.39 is 12.0 Å². The average Bonchev–Trinajstić information content (AvgIpc) is 2.48. The second-order valence-electron chi connectivity index (χ2n) is 4.58. The lowest BCUT2D eigenvalue weighted by molar-refractivity contribution is -0.138. The van der Waals surface area contributed by atoms with Gasteiger partial charge in [0.05, 0.1) is 7.11 Å². The number of aliphatic carboxylic acids is 1. The summed E-state index contributed by atoms with van der Waals surface area (Å²) in [6.07, 6.45) is 0.327. The van der Waals surface area contributed by atoms with Gasteiger partial charge in [0, 0.05) is 0 Å². The molecule has 0 saturated carbocycles. The fourth-order valence-corrected chi connectivity index (χ4v) is 1.98. The van der Waals surface area contributed by atoms with Gasteiger partial charge >= 0.3 is 5.97 Å². The molecular weight excluding hydrogens is 254 g/mol. The summed E-state index contributed by atoms with van der Waals surface area (Å²) in [5.74, 6) is -0.179. The van der Waals surface area contributed by atoms with E-state index in [0.29, 0.717) is 6.42 Å². The molecule has 104 valence electrons. The van der Waals surface area contributed by atoms with Gasteiger partial charge in [0.25, 0.3) is 0 Å². The number of ether oxygens (including phenoxy) is 1. The van der Waals surface area contributed by atoms with Gasteiger partial charge in [-0.15, -0.1) is 0 Å². The summed E-state index contributed by atoms with van der Waals surface area (Å²) in [5, 5.41) is 8.79. The summed E-state index contributed by atoms with van der Waals surface area (Å²) in [4.78, 5) is 10.7. The number of carbonyl (C=O) groups is 1. The summed E-state index contributed by atoms with van der Waals surface area (Å²) in [6.45, 7) is 0. The zero-order chi connectivity index (χ0) is 14.5. The average molecular weight is 271 g/mol. The Kier molecular flexibility index (Phi) is 4.38. The van der Waals surface area contributed by atoms with Gasteiger partial charge < -0.3 is 15.6 Å². The van der Waals surface area contributed by atoms with Crippen molar-refractivity contribution in [1.29, 1.82) is 0 Å². The predicted molar refractivity (Wildman–Crippen MR) is 77.7 cm³/mol. The van der Waals surface area contributed by atoms with E-state index >= 15 is 0 Å². The number of hydrogen-bond donors (Lipinski definition) is 2. The van der Waals surface area contributed by atoms with Gasteiger partial charge in [-0.3, -0.25) is 4.79 Å². The van der Waals surface area contributed by atoms with Gasteiger partial charge in [-0.25, -0.2) is 0 Å². The first kappa shape index (κ1) is 14.1. The lowest BCUT2D eigenvalue weighted by atomic mass is 10.0. The van der Waals surface area contributed by atoms with Gasteiger partial charge in [0.1, 0.15) is 11.8 Å². The molecule has 4 nitrogen and oxygen atoms in total. The maximum Gasteiger partial charge on any atom is 0.320 e. The predicted octanol–water partition coefficient (Wildman–Crippen LogP) is 2.32. The van der Waals surface area contributed by atoms with Crippen molar-refractivity contribution in [2.45, 2.75) is 12.5 Å². The molecule has 0 radical (unpaired) electrons. The standard InChI is InChI=1S/C16H17NO3/c1-20-14-4-2-3-13(10-14)12-7-5-11(6-8-12)9-15(17)16(18)19/h2-8,10,15H,9,17H2,1H3,(H,18,19)/t15-/m0/s1. The minimum atomic E-state index is -0.984. The first-order valence-corrected chi connectivity index (χ1v) is 6.32. The number of methoxy groups -OCH3 is 1. The third kappa shape index (κ3) is 3.36. The van der Waals surface area contributed by atoms with Crippen LogP contribution in [0.5, 0.6) is 5.75 Å². The zero-order valence-electron chi connectivity index (χ0n) is 11.2. The molecule has 0 aliphatic rings. The van der Waals surface area contributed by atoms with Gasteiger partial charge in [-0.2, -0.15) is 0 Å². The van der Waals surface area contributed by atoms with E-state index in [2.05, 4.69) is 0 Å². The molecule has 0 fully saturated rings. The highest BCUT2D eigenvalue weighted by Gasteiger charge is 2.11. The topological polar surface area (TPSA) is 72.5 Å². The van der Waals surface area contributed by atoms with E-state index in [-0.39, 0.29) is 0 Å². The van der Waals surface area contributed by atoms with Crippen LogP contribution in [-0.2, 0) is 11.2 Å². The van der Waals surface area contributed by atoms with Gasteiger partial charge in [0.2, 0.25) is 0 Å². The van der Waals surface area contributed by atoms with Crippen molar-refractivity contribution in [1.82, 2.24) is 0 Å². The van der Waals surface area contributed by atoms with Gasteiger partial charge in [-0.05, 0) is 35.2 Å². The Bertz CT molecular complexity index is 593. The second kappa shape index (κ2) is 6.21. The first-order valence-electron chi connectivity index (χ1n) is 6.32. The lowest BCUT2D eigenvalue weighted by Gasteiger charge is -2.08. The monoisotopic (exact) mass is 271 g/mol. The highest BCUT2D eigenvalue weighted by atomic mass is 16.5. The highest BCUT2D eigenvalue weighted by Crippen LogP contribution is 2.24. The van der Waals surface area contributed by atoms with Crippen LogP contribution < -0.4 is 10.5 Å². The van der Waals surface area contributed by atoms with Crippen molar-refractivity contribution in [2.75, 3.05) is 7.11 Å². The largest absolute Gasteiger partial charge is 0.497 e. The first-order chi connectivity index (χ1) is 9.60. The lowest BCUT2D eigenvalue weighted by Crippen LogP contribution is -2.32. The van der Waals surface area contributed by atoms with Crippen LogP contribution in [0.25, 0.3) is 11.1 Å². The quantitative estimate of drug-likeness (QED) is 0.875. The van der Waals surface area contributed by atoms with Crippen LogP contribution in [-0.4, -0.2) is 24.2 Å². The Morgan fingerprint density at radius 3 is 2.50 bits per heavy atom. The third-order valence-electron chi connectivity index (χ3n) is 3.13. The van der Waals surface area contributed by atoms with Crippen molar-refractivity contribution in [3.8, 4) is 16.9 Å². The molecule has 0 spiro atoms. The molecule has 0 aliphatic carbocycles. The minimum Gasteiger partial charge on any atom is -0.497 e. The minimum absolute atomic E-state index is 0.327. The number of carboxylic acid groups (broad SMARTS) is 1. The Morgan fingerprint density at radius 2 is 1.90 bits per heavy atom. The molecule has 1 atom stereocenters. The molecule has 0 saturated heterocycles. The molecule has 0 aliphatic heterocycles. The van der Waals surface area contributed by atoms with Crippen molar-refractivity contribution in [3.05, 3.63) is 54.1 Å². The summed E-state index contributed by atoms with van der Waals surface area (Å²) in [5.41, 5.74) is 8.53. The van der Waals surface area contributed by atoms with E-state index in [1.54, 1.807) is 7.11 Å². The molecule has 2 aromatic rings. The molecule has 0 aromatic heterocycles. The molecule has 3 N–H and O–H groups in total. The van der Waals surface area contributed by atoms with Crippen molar-refractivity contribution < 1.29 is 14.6 Å². The van der Waals surface area contributed by atoms with E-state index in [0.717, 1.165) is 22.4 Å². The second-order valence-corrected chi connectivity index (χ2v) is 4.58. The molecular formula is C16H17NO3. The van der Waals surface area contributed by atoms with E-state index in [9.17, 15) is 4.79 Å². The Morgan fingerprint density at radius 1 is 1.20 bits per heavy atom. The summed E-state index contributed by atoms with van der Waals surface area (Å²) >= 11 is 0. The molecule has 0 heterocycles. The normalized spacial score (nSPS) is 11.9. The van der Waals surface area contributed by atoms with Crippen LogP contribution in [0.4, 0.5) is 0 Å². The van der Waals surface area contributed by atoms with Crippen LogP contribution >= 0.6 is 0 Å². The smallest absolute Gasteiger partial charge is 0.320 e. The van der Waals surface area contributed by atoms with Crippen LogP contribution in [0, 0.1) is 0 Å². The molecule has 4 heteroatoms. The number of carboxylic acids is 1. The third-order valence-corrected chi connectivity index (χ3v) is 3.13. The fourth-order valence-electron chi connectivity index (χ4n) is 1.98. The Hall–Kier alpha value is -2.33. The number of rotatable bonds is 5. The Labute approximate surface area is 117 Å². The molecule has 2 rings (SSSR count). The van der Waals surface area contributed by atoms with E-state index in [1.165, 1.54) is 0 Å². The van der Waals surface area contributed by atoms with Gasteiger partial charge in [-0.1, -0.05) is 36.4 Å². The molecule has 0 bridgehead atoms. The molecule has 2 aromatic carbocycles. The number of hydrogen-bond acceptors (Lipinski definition) is 3. The van der Waals surface area contributed by atoms with Crippen LogP contribution in [0.3, 0.4) is 0 Å². The summed E-state index contributed by atoms with van der Waals surface area (Å²) in [7, 11) is 1.63. The van der Waals surface area contributed by atoms with Crippen LogP contribution in [0.1, 0.15) is 5.56 Å². The van der Waals surface area contributed by atoms with Crippen LogP contribution in [0.2, 0.25) is 0 Å². The van der Waals surface area contributed by atoms with E-state index in [4.69, 9.17) is 15.6 Å². The maximum atomic E-state index is 10.7. The van der Waals surface area contributed by atoms with Crippen molar-refractivity contribution in [3.63, 3.8) is 0 Å². The van der Waals surface area contributed by atoms with Gasteiger partial charge in [0.15, 0.2) is 0 Å². The molecule has 20 heavy (non-hydrogen) atoms. The zero-order valence-corrected chi connectivity index (χ0v) is 11.2. The SMILES string of the molecule is COc1cccc(-c2ccc(C[C@H](N)C(=O)O)cc2)c1. The van der Waals surface area contributed by atoms with E-state index in [1.807, 2.05) is 48.5 Å². The number of benzene rings is 2. The molecule has 0 amide bonds. The number of nitrogens with two attached hydrogens (primary N) is 1. The maximum absolute atomic E-state index is 10.7. The summed E-state index contributed by atoms with van der Waals surface area (Å²) < 4.78 is 5.20. The Balaban J connectivity index is 2.17. The fraction of sp³-hybridized carbons (Fsp3) is 0.188. The summed E-state index contributed by atoms with van der Waals surface area (Å²) in [6, 6.07) is 14.6. The van der Waals surface area contributed by atoms with Crippen LogP contribution in [0.15, 0.2) is 48.5 Å².